The molecule has 2 atom stereocenters. The summed E-state index contributed by atoms with van der Waals surface area (Å²) in [7, 11) is 0. The van der Waals surface area contributed by atoms with Crippen LogP contribution in [0.25, 0.3) is 0 Å². The molecule has 2 rings (SSSR count). The van der Waals surface area contributed by atoms with E-state index in [1.165, 1.54) is 12.8 Å². The van der Waals surface area contributed by atoms with E-state index in [1.54, 1.807) is 12.4 Å². The molecule has 1 saturated carbocycles. The first-order chi connectivity index (χ1) is 8.69. The molecule has 0 saturated heterocycles. The summed E-state index contributed by atoms with van der Waals surface area (Å²) in [5, 5.41) is 3.42. The van der Waals surface area contributed by atoms with Crippen LogP contribution < -0.4 is 15.8 Å². The highest BCUT2D eigenvalue weighted by molar-refractivity contribution is 5.35. The van der Waals surface area contributed by atoms with Gasteiger partial charge in [0, 0.05) is 6.04 Å². The molecule has 1 aromatic rings. The zero-order valence-corrected chi connectivity index (χ0v) is 11.1. The normalized spacial score (nSPS) is 23.3. The molecule has 3 N–H and O–H groups in total. The van der Waals surface area contributed by atoms with Crippen LogP contribution in [-0.2, 0) is 0 Å². The molecule has 18 heavy (non-hydrogen) atoms. The van der Waals surface area contributed by atoms with Crippen molar-refractivity contribution in [3.8, 4) is 5.88 Å². The predicted molar refractivity (Wildman–Crippen MR) is 71.6 cm³/mol. The summed E-state index contributed by atoms with van der Waals surface area (Å²) < 4.78 is 5.53. The maximum atomic E-state index is 5.77. The van der Waals surface area contributed by atoms with Crippen LogP contribution >= 0.6 is 0 Å². The van der Waals surface area contributed by atoms with Crippen molar-refractivity contribution in [2.75, 3.05) is 11.9 Å². The molecule has 0 bridgehead atoms. The van der Waals surface area contributed by atoms with E-state index in [0.29, 0.717) is 17.8 Å². The van der Waals surface area contributed by atoms with Gasteiger partial charge in [0.2, 0.25) is 5.88 Å². The third-order valence-electron chi connectivity index (χ3n) is 3.26. The van der Waals surface area contributed by atoms with Crippen molar-refractivity contribution in [3.63, 3.8) is 0 Å². The summed E-state index contributed by atoms with van der Waals surface area (Å²) in [5.41, 5.74) is 5.77. The van der Waals surface area contributed by atoms with Gasteiger partial charge in [-0.3, -0.25) is 4.98 Å². The molecule has 0 radical (unpaired) electrons. The highest BCUT2D eigenvalue weighted by Gasteiger charge is 2.26. The third-order valence-corrected chi connectivity index (χ3v) is 3.26. The zero-order valence-electron chi connectivity index (χ0n) is 11.1. The molecule has 0 spiro atoms. The molecule has 1 aromatic heterocycles. The fraction of sp³-hybridized carbons (Fsp3) is 0.692. The van der Waals surface area contributed by atoms with E-state index in [-0.39, 0.29) is 6.10 Å². The first-order valence-electron chi connectivity index (χ1n) is 6.64. The molecule has 1 heterocycles. The number of hydrogen-bond acceptors (Lipinski definition) is 5. The molecule has 100 valence electrons. The van der Waals surface area contributed by atoms with Crippen LogP contribution in [-0.4, -0.2) is 28.7 Å². The van der Waals surface area contributed by atoms with Crippen molar-refractivity contribution in [3.05, 3.63) is 12.4 Å². The summed E-state index contributed by atoms with van der Waals surface area (Å²) in [5.74, 6) is 1.89. The van der Waals surface area contributed by atoms with Gasteiger partial charge in [-0.15, -0.1) is 0 Å². The monoisotopic (exact) mass is 250 g/mol. The number of nitrogens with two attached hydrogens (primary N) is 1. The Kier molecular flexibility index (Phi) is 4.36. The van der Waals surface area contributed by atoms with Crippen LogP contribution in [0.1, 0.15) is 33.1 Å². The van der Waals surface area contributed by atoms with Gasteiger partial charge in [0.05, 0.1) is 18.5 Å². The topological polar surface area (TPSA) is 73.1 Å². The van der Waals surface area contributed by atoms with Crippen molar-refractivity contribution in [1.82, 2.24) is 9.97 Å². The second-order valence-electron chi connectivity index (χ2n) is 5.09. The molecule has 0 amide bonds. The minimum Gasteiger partial charge on any atom is -0.474 e. The Morgan fingerprint density at radius 3 is 3.00 bits per heavy atom. The third kappa shape index (κ3) is 3.32. The second-order valence-corrected chi connectivity index (χ2v) is 5.09. The maximum absolute atomic E-state index is 5.77. The fourth-order valence-electron chi connectivity index (χ4n) is 2.41. The SMILES string of the molecule is CC(C)Oc1cncc(NC2CCCC2CN)n1. The van der Waals surface area contributed by atoms with E-state index in [4.69, 9.17) is 10.5 Å². The van der Waals surface area contributed by atoms with E-state index >= 15 is 0 Å². The van der Waals surface area contributed by atoms with E-state index in [1.807, 2.05) is 13.8 Å². The van der Waals surface area contributed by atoms with E-state index in [9.17, 15) is 0 Å². The lowest BCUT2D eigenvalue weighted by Gasteiger charge is -2.20. The highest BCUT2D eigenvalue weighted by atomic mass is 16.5. The lowest BCUT2D eigenvalue weighted by Crippen LogP contribution is -2.29. The molecule has 0 aromatic carbocycles. The van der Waals surface area contributed by atoms with Crippen LogP contribution in [0.3, 0.4) is 0 Å². The van der Waals surface area contributed by atoms with Crippen LogP contribution in [0.2, 0.25) is 0 Å². The van der Waals surface area contributed by atoms with Gasteiger partial charge in [-0.2, -0.15) is 4.98 Å². The van der Waals surface area contributed by atoms with Crippen LogP contribution in [0.4, 0.5) is 5.82 Å². The average molecular weight is 250 g/mol. The lowest BCUT2D eigenvalue weighted by molar-refractivity contribution is 0.232. The number of ether oxygens (including phenoxy) is 1. The Balaban J connectivity index is 2.00. The average Bonchev–Trinajstić information content (AvgIpc) is 2.76. The van der Waals surface area contributed by atoms with Crippen LogP contribution in [0.5, 0.6) is 5.88 Å². The number of aromatic nitrogens is 2. The van der Waals surface area contributed by atoms with Crippen molar-refractivity contribution in [1.29, 1.82) is 0 Å². The first kappa shape index (κ1) is 13.1. The van der Waals surface area contributed by atoms with Gasteiger partial charge in [-0.05, 0) is 39.2 Å². The second kappa shape index (κ2) is 6.00. The van der Waals surface area contributed by atoms with Gasteiger partial charge in [-0.25, -0.2) is 0 Å². The lowest BCUT2D eigenvalue weighted by atomic mass is 10.0. The Morgan fingerprint density at radius 2 is 2.28 bits per heavy atom. The molecule has 5 heteroatoms. The summed E-state index contributed by atoms with van der Waals surface area (Å²) in [6.45, 7) is 4.68. The Bertz CT molecular complexity index is 383. The van der Waals surface area contributed by atoms with Crippen molar-refractivity contribution in [2.24, 2.45) is 11.7 Å². The van der Waals surface area contributed by atoms with Gasteiger partial charge in [-0.1, -0.05) is 6.42 Å². The van der Waals surface area contributed by atoms with Gasteiger partial charge in [0.1, 0.15) is 5.82 Å². The molecular formula is C13H22N4O. The molecule has 1 aliphatic rings. The van der Waals surface area contributed by atoms with Crippen LogP contribution in [0.15, 0.2) is 12.4 Å². The Labute approximate surface area is 108 Å². The van der Waals surface area contributed by atoms with Gasteiger partial charge in [0.15, 0.2) is 0 Å². The minimum absolute atomic E-state index is 0.109. The Morgan fingerprint density at radius 1 is 1.44 bits per heavy atom. The molecule has 1 fully saturated rings. The number of hydrogen-bond donors (Lipinski definition) is 2. The zero-order chi connectivity index (χ0) is 13.0. The maximum Gasteiger partial charge on any atom is 0.234 e. The van der Waals surface area contributed by atoms with Gasteiger partial charge < -0.3 is 15.8 Å². The Hall–Kier alpha value is -1.36. The number of nitrogens with zero attached hydrogens (tertiary/aromatic N) is 2. The first-order valence-corrected chi connectivity index (χ1v) is 6.64. The number of rotatable bonds is 5. The molecule has 0 aliphatic heterocycles. The van der Waals surface area contributed by atoms with E-state index < -0.39 is 0 Å². The molecular weight excluding hydrogens is 228 g/mol. The quantitative estimate of drug-likeness (QED) is 0.833. The highest BCUT2D eigenvalue weighted by Crippen LogP contribution is 2.27. The van der Waals surface area contributed by atoms with Crippen LogP contribution in [0, 0.1) is 5.92 Å². The standard InChI is InChI=1S/C13H22N4O/c1-9(2)18-13-8-15-7-12(17-13)16-11-5-3-4-10(11)6-14/h7-11H,3-6,14H2,1-2H3,(H,16,17). The predicted octanol–water partition coefficient (Wildman–Crippen LogP) is 1.80. The summed E-state index contributed by atoms with van der Waals surface area (Å²) in [6, 6.07) is 0.415. The molecule has 5 nitrogen and oxygen atoms in total. The van der Waals surface area contributed by atoms with Crippen molar-refractivity contribution >= 4 is 5.82 Å². The largest absolute Gasteiger partial charge is 0.474 e. The summed E-state index contributed by atoms with van der Waals surface area (Å²) in [4.78, 5) is 8.56. The minimum atomic E-state index is 0.109. The van der Waals surface area contributed by atoms with E-state index in [0.717, 1.165) is 18.8 Å². The molecule has 1 aliphatic carbocycles. The van der Waals surface area contributed by atoms with Gasteiger partial charge in [0.25, 0.3) is 0 Å². The van der Waals surface area contributed by atoms with Crippen molar-refractivity contribution < 1.29 is 4.74 Å². The summed E-state index contributed by atoms with van der Waals surface area (Å²) >= 11 is 0. The number of anilines is 1. The van der Waals surface area contributed by atoms with Gasteiger partial charge >= 0.3 is 0 Å². The van der Waals surface area contributed by atoms with E-state index in [2.05, 4.69) is 15.3 Å². The molecule has 2 unspecified atom stereocenters. The smallest absolute Gasteiger partial charge is 0.234 e. The fourth-order valence-corrected chi connectivity index (χ4v) is 2.41. The summed E-state index contributed by atoms with van der Waals surface area (Å²) in [6.07, 6.45) is 7.06. The number of nitrogens with one attached hydrogen (secondary N) is 1. The van der Waals surface area contributed by atoms with Crippen molar-refractivity contribution in [2.45, 2.75) is 45.3 Å².